The highest BCUT2D eigenvalue weighted by molar-refractivity contribution is 9.10. The van der Waals surface area contributed by atoms with Crippen LogP contribution in [-0.2, 0) is 5.54 Å². The number of phenolic OH excluding ortho intramolecular Hbond substituents is 1. The van der Waals surface area contributed by atoms with Gasteiger partial charge in [-0.2, -0.15) is 0 Å². The summed E-state index contributed by atoms with van der Waals surface area (Å²) in [6.45, 7) is 0. The number of methoxy groups -OCH3 is 1. The molecule has 1 aliphatic rings. The van der Waals surface area contributed by atoms with Crippen LogP contribution in [0.4, 0.5) is 0 Å². The molecule has 0 bridgehead atoms. The topological polar surface area (TPSA) is 55.5 Å². The largest absolute Gasteiger partial charge is 0.504 e. The van der Waals surface area contributed by atoms with Crippen molar-refractivity contribution in [2.45, 2.75) is 37.6 Å². The van der Waals surface area contributed by atoms with E-state index in [0.29, 0.717) is 5.75 Å². The normalized spacial score (nSPS) is 19.0. The van der Waals surface area contributed by atoms with Crippen LogP contribution in [0.2, 0.25) is 0 Å². The number of aromatic hydroxyl groups is 1. The monoisotopic (exact) mass is 299 g/mol. The molecule has 0 saturated heterocycles. The fourth-order valence-electron chi connectivity index (χ4n) is 2.56. The Balaban J connectivity index is 2.46. The van der Waals surface area contributed by atoms with E-state index in [1.165, 1.54) is 6.42 Å². The van der Waals surface area contributed by atoms with Gasteiger partial charge in [0.1, 0.15) is 0 Å². The van der Waals surface area contributed by atoms with E-state index in [2.05, 4.69) is 15.9 Å². The van der Waals surface area contributed by atoms with E-state index in [9.17, 15) is 5.11 Å². The Bertz CT molecular complexity index is 414. The minimum absolute atomic E-state index is 0.181. The summed E-state index contributed by atoms with van der Waals surface area (Å²) < 4.78 is 6.05. The smallest absolute Gasteiger partial charge is 0.162 e. The SMILES string of the molecule is COc1cc(Br)cc(C2(N)CCCCC2)c1O. The predicted octanol–water partition coefficient (Wildman–Crippen LogP) is 3.28. The lowest BCUT2D eigenvalue weighted by Gasteiger charge is -2.34. The highest BCUT2D eigenvalue weighted by atomic mass is 79.9. The second kappa shape index (κ2) is 4.86. The zero-order valence-electron chi connectivity index (χ0n) is 10.0. The molecule has 1 aromatic rings. The molecule has 3 N–H and O–H groups in total. The van der Waals surface area contributed by atoms with Gasteiger partial charge in [0.25, 0.3) is 0 Å². The van der Waals surface area contributed by atoms with Gasteiger partial charge >= 0.3 is 0 Å². The molecule has 0 spiro atoms. The van der Waals surface area contributed by atoms with E-state index in [0.717, 1.165) is 35.7 Å². The second-order valence-corrected chi connectivity index (χ2v) is 5.64. The minimum atomic E-state index is -0.417. The fourth-order valence-corrected chi connectivity index (χ4v) is 3.00. The highest BCUT2D eigenvalue weighted by Gasteiger charge is 2.33. The molecule has 0 radical (unpaired) electrons. The van der Waals surface area contributed by atoms with Gasteiger partial charge in [0.05, 0.1) is 7.11 Å². The fraction of sp³-hybridized carbons (Fsp3) is 0.538. The number of halogens is 1. The van der Waals surface area contributed by atoms with Gasteiger partial charge in [-0.1, -0.05) is 35.2 Å². The van der Waals surface area contributed by atoms with Crippen molar-refractivity contribution in [3.63, 3.8) is 0 Å². The first kappa shape index (κ1) is 12.7. The minimum Gasteiger partial charge on any atom is -0.504 e. The third-order valence-corrected chi connectivity index (χ3v) is 4.00. The molecule has 0 unspecified atom stereocenters. The lowest BCUT2D eigenvalue weighted by atomic mass is 9.77. The van der Waals surface area contributed by atoms with Gasteiger partial charge in [0.15, 0.2) is 11.5 Å². The molecule has 2 rings (SSSR count). The van der Waals surface area contributed by atoms with Crippen molar-refractivity contribution in [3.8, 4) is 11.5 Å². The Morgan fingerprint density at radius 2 is 1.94 bits per heavy atom. The number of hydrogen-bond acceptors (Lipinski definition) is 3. The van der Waals surface area contributed by atoms with E-state index >= 15 is 0 Å². The first-order valence-corrected chi connectivity index (χ1v) is 6.72. The average Bonchev–Trinajstić information content (AvgIpc) is 2.32. The van der Waals surface area contributed by atoms with Crippen LogP contribution in [0.15, 0.2) is 16.6 Å². The summed E-state index contributed by atoms with van der Waals surface area (Å²) in [7, 11) is 1.55. The van der Waals surface area contributed by atoms with Crippen molar-refractivity contribution in [1.29, 1.82) is 0 Å². The number of benzene rings is 1. The van der Waals surface area contributed by atoms with E-state index in [-0.39, 0.29) is 5.75 Å². The third kappa shape index (κ3) is 2.43. The lowest BCUT2D eigenvalue weighted by molar-refractivity contribution is 0.286. The number of rotatable bonds is 2. The van der Waals surface area contributed by atoms with Gasteiger partial charge in [-0.05, 0) is 25.0 Å². The molecule has 0 aromatic heterocycles. The van der Waals surface area contributed by atoms with Gasteiger partial charge < -0.3 is 15.6 Å². The molecule has 94 valence electrons. The summed E-state index contributed by atoms with van der Waals surface area (Å²) in [5.41, 5.74) is 6.81. The number of ether oxygens (including phenoxy) is 1. The van der Waals surface area contributed by atoms with Crippen LogP contribution in [0, 0.1) is 0 Å². The Hall–Kier alpha value is -0.740. The Kier molecular flexibility index (Phi) is 3.64. The Morgan fingerprint density at radius 1 is 1.29 bits per heavy atom. The summed E-state index contributed by atoms with van der Waals surface area (Å²) in [4.78, 5) is 0. The number of phenols is 1. The van der Waals surface area contributed by atoms with Gasteiger partial charge in [0.2, 0.25) is 0 Å². The second-order valence-electron chi connectivity index (χ2n) is 4.72. The van der Waals surface area contributed by atoms with Crippen LogP contribution in [-0.4, -0.2) is 12.2 Å². The van der Waals surface area contributed by atoms with E-state index in [1.54, 1.807) is 13.2 Å². The van der Waals surface area contributed by atoms with Gasteiger partial charge in [-0.15, -0.1) is 0 Å². The van der Waals surface area contributed by atoms with Crippen LogP contribution < -0.4 is 10.5 Å². The molecule has 1 fully saturated rings. The summed E-state index contributed by atoms with van der Waals surface area (Å²) in [5, 5.41) is 10.2. The zero-order valence-corrected chi connectivity index (χ0v) is 11.6. The van der Waals surface area contributed by atoms with Crippen molar-refractivity contribution in [2.75, 3.05) is 7.11 Å². The van der Waals surface area contributed by atoms with Crippen LogP contribution >= 0.6 is 15.9 Å². The van der Waals surface area contributed by atoms with E-state index in [4.69, 9.17) is 10.5 Å². The van der Waals surface area contributed by atoms with Crippen molar-refractivity contribution in [2.24, 2.45) is 5.73 Å². The molecule has 3 nitrogen and oxygen atoms in total. The highest BCUT2D eigenvalue weighted by Crippen LogP contribution is 2.44. The molecular formula is C13H18BrNO2. The zero-order chi connectivity index (χ0) is 12.5. The molecule has 1 aromatic carbocycles. The van der Waals surface area contributed by atoms with Gasteiger partial charge in [-0.25, -0.2) is 0 Å². The molecule has 0 atom stereocenters. The summed E-state index contributed by atoms with van der Waals surface area (Å²) in [5.74, 6) is 0.657. The Morgan fingerprint density at radius 3 is 2.53 bits per heavy atom. The molecule has 0 aliphatic heterocycles. The van der Waals surface area contributed by atoms with Gasteiger partial charge in [-0.3, -0.25) is 0 Å². The summed E-state index contributed by atoms with van der Waals surface area (Å²) in [6.07, 6.45) is 5.29. The van der Waals surface area contributed by atoms with Crippen LogP contribution in [0.5, 0.6) is 11.5 Å². The molecule has 0 amide bonds. The molecule has 0 heterocycles. The van der Waals surface area contributed by atoms with Crippen molar-refractivity contribution in [1.82, 2.24) is 0 Å². The Labute approximate surface area is 110 Å². The standard InChI is InChI=1S/C13H18BrNO2/c1-17-11-8-9(14)7-10(12(11)16)13(15)5-3-2-4-6-13/h7-8,16H,2-6,15H2,1H3. The maximum Gasteiger partial charge on any atom is 0.162 e. The van der Waals surface area contributed by atoms with E-state index in [1.807, 2.05) is 6.07 Å². The predicted molar refractivity (Wildman–Crippen MR) is 71.3 cm³/mol. The summed E-state index contributed by atoms with van der Waals surface area (Å²) >= 11 is 3.43. The third-order valence-electron chi connectivity index (χ3n) is 3.54. The lowest BCUT2D eigenvalue weighted by Crippen LogP contribution is -2.38. The number of nitrogens with two attached hydrogens (primary N) is 1. The summed E-state index contributed by atoms with van der Waals surface area (Å²) in [6, 6.07) is 3.66. The first-order valence-electron chi connectivity index (χ1n) is 5.93. The molecular weight excluding hydrogens is 282 g/mol. The van der Waals surface area contributed by atoms with Crippen molar-refractivity contribution >= 4 is 15.9 Å². The van der Waals surface area contributed by atoms with Crippen LogP contribution in [0.3, 0.4) is 0 Å². The maximum atomic E-state index is 10.2. The van der Waals surface area contributed by atoms with Crippen LogP contribution in [0.1, 0.15) is 37.7 Å². The maximum absolute atomic E-state index is 10.2. The first-order chi connectivity index (χ1) is 8.07. The molecule has 1 aliphatic carbocycles. The van der Waals surface area contributed by atoms with Crippen molar-refractivity contribution in [3.05, 3.63) is 22.2 Å². The van der Waals surface area contributed by atoms with Gasteiger partial charge in [0, 0.05) is 15.6 Å². The molecule has 17 heavy (non-hydrogen) atoms. The van der Waals surface area contributed by atoms with Crippen LogP contribution in [0.25, 0.3) is 0 Å². The van der Waals surface area contributed by atoms with Crippen molar-refractivity contribution < 1.29 is 9.84 Å². The average molecular weight is 300 g/mol. The molecule has 1 saturated carbocycles. The molecule has 4 heteroatoms. The number of hydrogen-bond donors (Lipinski definition) is 2. The van der Waals surface area contributed by atoms with E-state index < -0.39 is 5.54 Å². The quantitative estimate of drug-likeness (QED) is 0.881.